The minimum absolute atomic E-state index is 0.170. The van der Waals surface area contributed by atoms with Crippen LogP contribution in [0.5, 0.6) is 0 Å². The van der Waals surface area contributed by atoms with E-state index < -0.39 is 24.5 Å². The van der Waals surface area contributed by atoms with E-state index in [2.05, 4.69) is 5.32 Å². The second kappa shape index (κ2) is 9.75. The van der Waals surface area contributed by atoms with Gasteiger partial charge in [0, 0.05) is 17.2 Å². The second-order valence-corrected chi connectivity index (χ2v) is 7.82. The first-order valence-electron chi connectivity index (χ1n) is 8.53. The van der Waals surface area contributed by atoms with Crippen LogP contribution < -0.4 is 5.32 Å². The van der Waals surface area contributed by atoms with E-state index in [1.54, 1.807) is 6.92 Å². The first kappa shape index (κ1) is 21.2. The first-order chi connectivity index (χ1) is 12.9. The van der Waals surface area contributed by atoms with Gasteiger partial charge in [0.1, 0.15) is 11.5 Å². The maximum absolute atomic E-state index is 12.2. The summed E-state index contributed by atoms with van der Waals surface area (Å²) in [6, 6.07) is 0. The van der Waals surface area contributed by atoms with Crippen LogP contribution in [0.4, 0.5) is 9.80 Å². The molecule has 0 bridgehead atoms. The van der Waals surface area contributed by atoms with Crippen molar-refractivity contribution in [3.05, 3.63) is 16.0 Å². The Morgan fingerprint density at radius 1 is 1.22 bits per heavy atom. The van der Waals surface area contributed by atoms with Crippen LogP contribution in [0.25, 0.3) is 0 Å². The minimum atomic E-state index is -0.650. The van der Waals surface area contributed by atoms with Crippen molar-refractivity contribution < 1.29 is 28.7 Å². The number of nitrogens with one attached hydrogen (secondary N) is 1. The molecular weight excluding hydrogens is 392 g/mol. The summed E-state index contributed by atoms with van der Waals surface area (Å²) in [4.78, 5) is 49.9. The fourth-order valence-electron chi connectivity index (χ4n) is 2.51. The Morgan fingerprint density at radius 3 is 2.56 bits per heavy atom. The van der Waals surface area contributed by atoms with E-state index in [1.165, 1.54) is 16.2 Å². The van der Waals surface area contributed by atoms with Gasteiger partial charge >= 0.3 is 11.9 Å². The van der Waals surface area contributed by atoms with Gasteiger partial charge in [-0.15, -0.1) is 11.3 Å². The van der Waals surface area contributed by atoms with Crippen molar-refractivity contribution in [3.63, 3.8) is 0 Å². The lowest BCUT2D eigenvalue weighted by Crippen LogP contribution is -2.32. The summed E-state index contributed by atoms with van der Waals surface area (Å²) in [7, 11) is 0. The highest BCUT2D eigenvalue weighted by atomic mass is 32.2. The average molecular weight is 415 g/mol. The molecule has 1 aromatic rings. The van der Waals surface area contributed by atoms with Crippen LogP contribution in [-0.2, 0) is 25.5 Å². The molecule has 1 aromatic heterocycles. The predicted molar refractivity (Wildman–Crippen MR) is 103 cm³/mol. The molecule has 0 saturated carbocycles. The second-order valence-electron chi connectivity index (χ2n) is 5.67. The molecule has 0 radical (unpaired) electrons. The molecule has 1 aliphatic rings. The number of amides is 2. The number of rotatable bonds is 8. The van der Waals surface area contributed by atoms with Gasteiger partial charge in [0.05, 0.1) is 12.2 Å². The molecule has 10 heteroatoms. The van der Waals surface area contributed by atoms with Gasteiger partial charge in [0.15, 0.2) is 6.61 Å². The molecule has 1 fully saturated rings. The Hall–Kier alpha value is -2.07. The fourth-order valence-corrected chi connectivity index (χ4v) is 4.49. The normalized spacial score (nSPS) is 13.6. The maximum atomic E-state index is 12.2. The largest absolute Gasteiger partial charge is 0.462 e. The summed E-state index contributed by atoms with van der Waals surface area (Å²) in [6.07, 6.45) is 0.718. The molecule has 2 heterocycles. The monoisotopic (exact) mass is 414 g/mol. The smallest absolute Gasteiger partial charge is 0.341 e. The average Bonchev–Trinajstić information content (AvgIpc) is 3.16. The molecule has 0 spiro atoms. The van der Waals surface area contributed by atoms with Crippen molar-refractivity contribution in [2.45, 2.75) is 27.2 Å². The number of hydrogen-bond donors (Lipinski definition) is 1. The summed E-state index contributed by atoms with van der Waals surface area (Å²) in [5.41, 5.74) is 1.11. The lowest BCUT2D eigenvalue weighted by Gasteiger charge is -2.13. The van der Waals surface area contributed by atoms with Crippen LogP contribution in [0.3, 0.4) is 0 Å². The lowest BCUT2D eigenvalue weighted by molar-refractivity contribution is -0.147. The Labute approximate surface area is 165 Å². The molecule has 0 aliphatic carbocycles. The number of anilines is 1. The SMILES string of the molecule is CCOC(=O)c1c(NC(=O)COC(=O)CN2CCSC2=O)sc(CC)c1C. The van der Waals surface area contributed by atoms with Crippen molar-refractivity contribution in [2.75, 3.05) is 37.4 Å². The molecule has 2 amide bonds. The van der Waals surface area contributed by atoms with Gasteiger partial charge in [-0.2, -0.15) is 0 Å². The first-order valence-corrected chi connectivity index (χ1v) is 10.3. The van der Waals surface area contributed by atoms with Crippen LogP contribution in [0.1, 0.15) is 34.6 Å². The third-order valence-electron chi connectivity index (χ3n) is 3.83. The van der Waals surface area contributed by atoms with E-state index >= 15 is 0 Å². The Kier molecular flexibility index (Phi) is 7.66. The van der Waals surface area contributed by atoms with Crippen LogP contribution in [0, 0.1) is 6.92 Å². The Bertz CT molecular complexity index is 746. The summed E-state index contributed by atoms with van der Waals surface area (Å²) in [5.74, 6) is -1.06. The van der Waals surface area contributed by atoms with Gasteiger partial charge in [0.25, 0.3) is 11.1 Å². The molecule has 27 heavy (non-hydrogen) atoms. The van der Waals surface area contributed by atoms with E-state index in [1.807, 2.05) is 13.8 Å². The maximum Gasteiger partial charge on any atom is 0.341 e. The van der Waals surface area contributed by atoms with Crippen LogP contribution in [0.2, 0.25) is 0 Å². The molecule has 0 aromatic carbocycles. The summed E-state index contributed by atoms with van der Waals surface area (Å²) in [5, 5.41) is 2.83. The molecular formula is C17H22N2O6S2. The number of carbonyl (C=O) groups excluding carboxylic acids is 4. The lowest BCUT2D eigenvalue weighted by atomic mass is 10.1. The van der Waals surface area contributed by atoms with Crippen molar-refractivity contribution >= 4 is 51.2 Å². The van der Waals surface area contributed by atoms with Crippen LogP contribution in [0.15, 0.2) is 0 Å². The van der Waals surface area contributed by atoms with Crippen molar-refractivity contribution in [1.82, 2.24) is 4.90 Å². The Balaban J connectivity index is 1.95. The minimum Gasteiger partial charge on any atom is -0.462 e. The van der Waals surface area contributed by atoms with E-state index in [9.17, 15) is 19.2 Å². The van der Waals surface area contributed by atoms with Crippen molar-refractivity contribution in [1.29, 1.82) is 0 Å². The Morgan fingerprint density at radius 2 is 1.96 bits per heavy atom. The number of thiophene rings is 1. The number of ether oxygens (including phenoxy) is 2. The van der Waals surface area contributed by atoms with E-state index in [-0.39, 0.29) is 18.4 Å². The highest BCUT2D eigenvalue weighted by Crippen LogP contribution is 2.34. The van der Waals surface area contributed by atoms with Crippen LogP contribution >= 0.6 is 23.1 Å². The molecule has 0 unspecified atom stereocenters. The summed E-state index contributed by atoms with van der Waals surface area (Å²) in [6.45, 7) is 5.53. The zero-order valence-electron chi connectivity index (χ0n) is 15.5. The number of aryl methyl sites for hydroxylation is 1. The highest BCUT2D eigenvalue weighted by molar-refractivity contribution is 8.13. The van der Waals surface area contributed by atoms with Crippen molar-refractivity contribution in [3.8, 4) is 0 Å². The highest BCUT2D eigenvalue weighted by Gasteiger charge is 2.25. The third-order valence-corrected chi connectivity index (χ3v) is 6.07. The van der Waals surface area contributed by atoms with Gasteiger partial charge in [-0.25, -0.2) is 4.79 Å². The fraction of sp³-hybridized carbons (Fsp3) is 0.529. The molecule has 1 N–H and O–H groups in total. The number of thioether (sulfide) groups is 1. The quantitative estimate of drug-likeness (QED) is 0.652. The summed E-state index contributed by atoms with van der Waals surface area (Å²) >= 11 is 2.45. The van der Waals surface area contributed by atoms with Gasteiger partial charge in [-0.3, -0.25) is 14.4 Å². The number of carbonyl (C=O) groups is 4. The van der Waals surface area contributed by atoms with E-state index in [0.717, 1.165) is 28.6 Å². The van der Waals surface area contributed by atoms with Crippen LogP contribution in [-0.4, -0.2) is 60.0 Å². The third kappa shape index (κ3) is 5.46. The van der Waals surface area contributed by atoms with Gasteiger partial charge in [0.2, 0.25) is 0 Å². The predicted octanol–water partition coefficient (Wildman–Crippen LogP) is 2.45. The van der Waals surface area contributed by atoms with E-state index in [4.69, 9.17) is 9.47 Å². The van der Waals surface area contributed by atoms with Gasteiger partial charge in [-0.1, -0.05) is 18.7 Å². The van der Waals surface area contributed by atoms with E-state index in [0.29, 0.717) is 22.9 Å². The molecule has 148 valence electrons. The molecule has 1 aliphatic heterocycles. The van der Waals surface area contributed by atoms with Crippen molar-refractivity contribution in [2.24, 2.45) is 0 Å². The van der Waals surface area contributed by atoms with Gasteiger partial charge < -0.3 is 19.7 Å². The zero-order valence-corrected chi connectivity index (χ0v) is 17.1. The zero-order chi connectivity index (χ0) is 20.0. The van der Waals surface area contributed by atoms with Gasteiger partial charge in [-0.05, 0) is 25.8 Å². The molecule has 1 saturated heterocycles. The standard InChI is InChI=1S/C17H22N2O6S2/c1-4-11-10(3)14(16(22)24-5-2)15(27-11)18-12(20)9-25-13(21)8-19-6-7-26-17(19)23/h4-9H2,1-3H3,(H,18,20). The topological polar surface area (TPSA) is 102 Å². The molecule has 2 rings (SSSR count). The molecule has 8 nitrogen and oxygen atoms in total. The molecule has 0 atom stereocenters. The number of nitrogens with zero attached hydrogens (tertiary/aromatic N) is 1. The number of hydrogen-bond acceptors (Lipinski definition) is 8. The summed E-state index contributed by atoms with van der Waals surface area (Å²) < 4.78 is 9.99. The number of esters is 2.